The second-order valence-corrected chi connectivity index (χ2v) is 10.8. The molecule has 4 heterocycles. The molecule has 0 bridgehead atoms. The number of fused-ring (bicyclic) bond motifs is 4. The molecule has 0 radical (unpaired) electrons. The Balaban J connectivity index is 1.49. The molecule has 10 heteroatoms. The number of hydrogen-bond acceptors (Lipinski definition) is 8. The van der Waals surface area contributed by atoms with E-state index >= 15 is 0 Å². The van der Waals surface area contributed by atoms with Crippen molar-refractivity contribution in [1.82, 2.24) is 14.5 Å². The number of methoxy groups -OCH3 is 1. The number of amides is 2. The molecular formula is C22H21N3O4S3. The molecule has 0 saturated carbocycles. The van der Waals surface area contributed by atoms with E-state index < -0.39 is 0 Å². The Hall–Kier alpha value is -2.14. The largest absolute Gasteiger partial charge is 0.385 e. The number of thiophene rings is 1. The fourth-order valence-corrected chi connectivity index (χ4v) is 7.56. The van der Waals surface area contributed by atoms with Crippen LogP contribution in [0.5, 0.6) is 0 Å². The number of carbonyl (C=O) groups excluding carboxylic acids is 2. The van der Waals surface area contributed by atoms with Crippen LogP contribution in [0.4, 0.5) is 0 Å². The molecule has 32 heavy (non-hydrogen) atoms. The fraction of sp³-hybridized carbons (Fsp3) is 0.364. The van der Waals surface area contributed by atoms with Crippen molar-refractivity contribution < 1.29 is 14.3 Å². The molecule has 0 spiro atoms. The van der Waals surface area contributed by atoms with Gasteiger partial charge in [0.05, 0.1) is 26.6 Å². The molecule has 0 saturated heterocycles. The normalized spacial score (nSPS) is 15.5. The van der Waals surface area contributed by atoms with Gasteiger partial charge in [0.2, 0.25) is 0 Å². The number of aromatic nitrogens is 2. The van der Waals surface area contributed by atoms with Crippen molar-refractivity contribution in [2.45, 2.75) is 35.2 Å². The van der Waals surface area contributed by atoms with E-state index in [0.717, 1.165) is 34.4 Å². The zero-order valence-corrected chi connectivity index (χ0v) is 19.9. The van der Waals surface area contributed by atoms with Crippen molar-refractivity contribution >= 4 is 56.9 Å². The fourth-order valence-electron chi connectivity index (χ4n) is 4.01. The van der Waals surface area contributed by atoms with Crippen molar-refractivity contribution in [3.63, 3.8) is 0 Å². The monoisotopic (exact) mass is 487 g/mol. The quantitative estimate of drug-likeness (QED) is 0.217. The van der Waals surface area contributed by atoms with Gasteiger partial charge in [-0.05, 0) is 42.7 Å². The maximum atomic E-state index is 13.5. The molecule has 166 valence electrons. The highest BCUT2D eigenvalue weighted by Gasteiger charge is 2.35. The lowest BCUT2D eigenvalue weighted by Crippen LogP contribution is -2.30. The number of imide groups is 1. The summed E-state index contributed by atoms with van der Waals surface area (Å²) in [5.74, 6) is 0.545. The number of thioether (sulfide) groups is 2. The van der Waals surface area contributed by atoms with Crippen LogP contribution in [0, 0.1) is 0 Å². The molecule has 0 N–H and O–H groups in total. The zero-order chi connectivity index (χ0) is 22.2. The van der Waals surface area contributed by atoms with Crippen LogP contribution >= 0.6 is 34.9 Å². The second kappa shape index (κ2) is 9.01. The maximum absolute atomic E-state index is 13.5. The molecule has 2 aliphatic heterocycles. The van der Waals surface area contributed by atoms with Gasteiger partial charge in [-0.15, -0.1) is 23.1 Å². The molecule has 7 nitrogen and oxygen atoms in total. The van der Waals surface area contributed by atoms with Gasteiger partial charge in [-0.2, -0.15) is 0 Å². The smallest absolute Gasteiger partial charge is 0.263 e. The van der Waals surface area contributed by atoms with Crippen LogP contribution in [-0.4, -0.2) is 51.6 Å². The lowest BCUT2D eigenvalue weighted by molar-refractivity contribution is 0.0684. The van der Waals surface area contributed by atoms with Crippen LogP contribution in [-0.2, 0) is 17.7 Å². The summed E-state index contributed by atoms with van der Waals surface area (Å²) in [5.41, 5.74) is 1.91. The molecule has 2 aliphatic rings. The van der Waals surface area contributed by atoms with Gasteiger partial charge in [-0.25, -0.2) is 4.98 Å². The minimum atomic E-state index is -0.310. The van der Waals surface area contributed by atoms with Crippen LogP contribution in [0.15, 0.2) is 38.4 Å². The van der Waals surface area contributed by atoms with E-state index in [1.165, 1.54) is 20.9 Å². The molecular weight excluding hydrogens is 466 g/mol. The summed E-state index contributed by atoms with van der Waals surface area (Å²) in [6, 6.07) is 6.83. The first-order valence-electron chi connectivity index (χ1n) is 10.4. The van der Waals surface area contributed by atoms with Gasteiger partial charge in [-0.1, -0.05) is 23.9 Å². The average Bonchev–Trinajstić information content (AvgIpc) is 3.29. The van der Waals surface area contributed by atoms with E-state index in [1.54, 1.807) is 59.0 Å². The predicted molar refractivity (Wildman–Crippen MR) is 127 cm³/mol. The standard InChI is InChI=1S/C22H21N3O4S3/c1-29-10-5-9-24-20(28)16-15-8-4-11-30-21(15)32-17(16)23-22(24)31-12-25-18(26)13-6-2-3-7-14(13)19(25)27/h2-3,6-7H,4-5,8-12H2,1H3. The Kier molecular flexibility index (Phi) is 6.11. The molecule has 0 atom stereocenters. The molecule has 0 unspecified atom stereocenters. The van der Waals surface area contributed by atoms with Gasteiger partial charge < -0.3 is 4.74 Å². The Labute approximate surface area is 197 Å². The number of carbonyl (C=O) groups is 2. The highest BCUT2D eigenvalue weighted by molar-refractivity contribution is 8.01. The molecule has 0 aliphatic carbocycles. The summed E-state index contributed by atoms with van der Waals surface area (Å²) in [6.45, 7) is 1.00. The zero-order valence-electron chi connectivity index (χ0n) is 17.5. The highest BCUT2D eigenvalue weighted by atomic mass is 32.2. The summed E-state index contributed by atoms with van der Waals surface area (Å²) in [6.07, 6.45) is 2.63. The van der Waals surface area contributed by atoms with Gasteiger partial charge in [0.1, 0.15) is 4.83 Å². The average molecular weight is 488 g/mol. The first-order valence-corrected chi connectivity index (χ1v) is 13.1. The summed E-state index contributed by atoms with van der Waals surface area (Å²) < 4.78 is 8.03. The summed E-state index contributed by atoms with van der Waals surface area (Å²) in [7, 11) is 1.63. The SMILES string of the molecule is COCCCn1c(SCN2C(=O)c3ccccc3C2=O)nc2sc3c(c2c1=O)CCCS3. The predicted octanol–water partition coefficient (Wildman–Crippen LogP) is 3.88. The van der Waals surface area contributed by atoms with Crippen molar-refractivity contribution in [3.8, 4) is 0 Å². The number of rotatable bonds is 7. The number of ether oxygens (including phenoxy) is 1. The Morgan fingerprint density at radius 1 is 1.16 bits per heavy atom. The summed E-state index contributed by atoms with van der Waals surface area (Å²) in [4.78, 5) is 45.7. The van der Waals surface area contributed by atoms with Crippen molar-refractivity contribution in [2.24, 2.45) is 0 Å². The minimum Gasteiger partial charge on any atom is -0.385 e. The highest BCUT2D eigenvalue weighted by Crippen LogP contribution is 2.40. The third kappa shape index (κ3) is 3.68. The van der Waals surface area contributed by atoms with Gasteiger partial charge in [0.15, 0.2) is 5.16 Å². The molecule has 5 rings (SSSR count). The van der Waals surface area contributed by atoms with Gasteiger partial charge in [0, 0.05) is 20.3 Å². The van der Waals surface area contributed by atoms with Crippen LogP contribution in [0.3, 0.4) is 0 Å². The van der Waals surface area contributed by atoms with Crippen LogP contribution in [0.1, 0.15) is 39.1 Å². The number of nitrogens with zero attached hydrogens (tertiary/aromatic N) is 3. The molecule has 0 fully saturated rings. The van der Waals surface area contributed by atoms with E-state index in [-0.39, 0.29) is 23.3 Å². The van der Waals surface area contributed by atoms with Crippen molar-refractivity contribution in [3.05, 3.63) is 51.3 Å². The van der Waals surface area contributed by atoms with E-state index in [0.29, 0.717) is 35.9 Å². The van der Waals surface area contributed by atoms with Crippen LogP contribution in [0.2, 0.25) is 0 Å². The molecule has 3 aromatic rings. The van der Waals surface area contributed by atoms with E-state index in [4.69, 9.17) is 9.72 Å². The summed E-state index contributed by atoms with van der Waals surface area (Å²) in [5, 5.41) is 1.25. The molecule has 2 amide bonds. The summed E-state index contributed by atoms with van der Waals surface area (Å²) >= 11 is 4.61. The number of aryl methyl sites for hydroxylation is 1. The minimum absolute atomic E-state index is 0.0454. The Morgan fingerprint density at radius 2 is 1.91 bits per heavy atom. The third-order valence-corrected chi connectivity index (χ3v) is 9.06. The topological polar surface area (TPSA) is 81.5 Å². The van der Waals surface area contributed by atoms with E-state index in [9.17, 15) is 14.4 Å². The molecule has 2 aromatic heterocycles. The van der Waals surface area contributed by atoms with Gasteiger partial charge in [0.25, 0.3) is 17.4 Å². The van der Waals surface area contributed by atoms with Gasteiger partial charge >= 0.3 is 0 Å². The maximum Gasteiger partial charge on any atom is 0.263 e. The van der Waals surface area contributed by atoms with E-state index in [2.05, 4.69) is 0 Å². The van der Waals surface area contributed by atoms with Crippen molar-refractivity contribution in [1.29, 1.82) is 0 Å². The number of hydrogen-bond donors (Lipinski definition) is 0. The second-order valence-electron chi connectivity index (χ2n) is 7.56. The van der Waals surface area contributed by atoms with Gasteiger partial charge in [-0.3, -0.25) is 23.9 Å². The van der Waals surface area contributed by atoms with E-state index in [1.807, 2.05) is 0 Å². The molecule has 1 aromatic carbocycles. The van der Waals surface area contributed by atoms with Crippen LogP contribution < -0.4 is 5.56 Å². The van der Waals surface area contributed by atoms with Crippen molar-refractivity contribution in [2.75, 3.05) is 25.3 Å². The first kappa shape index (κ1) is 21.7. The lowest BCUT2D eigenvalue weighted by atomic mass is 10.1. The third-order valence-electron chi connectivity index (χ3n) is 5.57. The Bertz CT molecular complexity index is 1250. The first-order chi connectivity index (χ1) is 15.6. The Morgan fingerprint density at radius 3 is 2.62 bits per heavy atom. The van der Waals surface area contributed by atoms with Crippen LogP contribution in [0.25, 0.3) is 10.2 Å². The number of benzene rings is 1. The lowest BCUT2D eigenvalue weighted by Gasteiger charge is -2.16.